The van der Waals surface area contributed by atoms with Crippen LogP contribution in [0.2, 0.25) is 0 Å². The molecule has 0 bridgehead atoms. The summed E-state index contributed by atoms with van der Waals surface area (Å²) in [6.07, 6.45) is 2.19. The Labute approximate surface area is 97.2 Å². The van der Waals surface area contributed by atoms with Crippen LogP contribution in [0.1, 0.15) is 42.1 Å². The molecule has 0 aromatic heterocycles. The largest absolute Gasteiger partial charge is 0.321 e. The normalized spacial score (nSPS) is 12.5. The Morgan fingerprint density at radius 1 is 1.38 bits per heavy atom. The Kier molecular flexibility index (Phi) is 4.44. The summed E-state index contributed by atoms with van der Waals surface area (Å²) in [7, 11) is 0. The molecule has 0 aliphatic carbocycles. The van der Waals surface area contributed by atoms with Crippen LogP contribution in [0.5, 0.6) is 0 Å². The second kappa shape index (κ2) is 5.61. The monoisotopic (exact) mass is 217 g/mol. The van der Waals surface area contributed by atoms with Gasteiger partial charge >= 0.3 is 0 Å². The number of ketones is 1. The third kappa shape index (κ3) is 3.04. The van der Waals surface area contributed by atoms with Gasteiger partial charge in [-0.3, -0.25) is 4.79 Å². The minimum Gasteiger partial charge on any atom is -0.321 e. The number of carbonyl (C=O) groups excluding carboxylic acids is 1. The van der Waals surface area contributed by atoms with Crippen LogP contribution in [0.15, 0.2) is 36.9 Å². The Hall–Kier alpha value is -1.41. The van der Waals surface area contributed by atoms with E-state index in [0.29, 0.717) is 17.9 Å². The van der Waals surface area contributed by atoms with Crippen molar-refractivity contribution in [1.82, 2.24) is 0 Å². The van der Waals surface area contributed by atoms with Crippen molar-refractivity contribution in [3.05, 3.63) is 48.0 Å². The average molecular weight is 217 g/mol. The number of Topliss-reactive ketones (excluding diaryl/α,β-unsaturated/α-hetero) is 1. The highest BCUT2D eigenvalue weighted by atomic mass is 16.1. The first-order valence-electron chi connectivity index (χ1n) is 5.57. The molecule has 2 heteroatoms. The van der Waals surface area contributed by atoms with E-state index in [9.17, 15) is 4.79 Å². The topological polar surface area (TPSA) is 43.1 Å². The maximum absolute atomic E-state index is 11.8. The fraction of sp³-hybridized carbons (Fsp3) is 0.357. The highest BCUT2D eigenvalue weighted by Gasteiger charge is 2.14. The van der Waals surface area contributed by atoms with Crippen molar-refractivity contribution in [2.24, 2.45) is 5.73 Å². The summed E-state index contributed by atoms with van der Waals surface area (Å²) >= 11 is 0. The summed E-state index contributed by atoms with van der Waals surface area (Å²) in [4.78, 5) is 11.8. The summed E-state index contributed by atoms with van der Waals surface area (Å²) < 4.78 is 0. The molecular formula is C14H19NO. The predicted octanol–water partition coefficient (Wildman–Crippen LogP) is 2.90. The maximum atomic E-state index is 11.8. The first kappa shape index (κ1) is 12.7. The van der Waals surface area contributed by atoms with Crippen molar-refractivity contribution in [1.29, 1.82) is 0 Å². The summed E-state index contributed by atoms with van der Waals surface area (Å²) in [5, 5.41) is 0. The van der Waals surface area contributed by atoms with Crippen LogP contribution in [0, 0.1) is 0 Å². The highest BCUT2D eigenvalue weighted by molar-refractivity contribution is 6.00. The van der Waals surface area contributed by atoms with E-state index in [1.807, 2.05) is 24.3 Å². The number of hydrogen-bond donors (Lipinski definition) is 1. The van der Waals surface area contributed by atoms with E-state index in [-0.39, 0.29) is 5.78 Å². The number of nitrogens with two attached hydrogens (primary N) is 1. The van der Waals surface area contributed by atoms with Crippen molar-refractivity contribution in [2.45, 2.75) is 32.2 Å². The van der Waals surface area contributed by atoms with E-state index in [4.69, 9.17) is 5.73 Å². The third-order valence-corrected chi connectivity index (χ3v) is 2.62. The van der Waals surface area contributed by atoms with Gasteiger partial charge in [0.25, 0.3) is 0 Å². The minimum absolute atomic E-state index is 0.0183. The summed E-state index contributed by atoms with van der Waals surface area (Å²) in [6.45, 7) is 7.83. The van der Waals surface area contributed by atoms with Gasteiger partial charge in [-0.25, -0.2) is 0 Å². The molecule has 1 rings (SSSR count). The van der Waals surface area contributed by atoms with E-state index >= 15 is 0 Å². The quantitative estimate of drug-likeness (QED) is 0.608. The first-order chi connectivity index (χ1) is 7.56. The standard InChI is InChI=1S/C14H19NO/c1-4-5-13(15)14(16)12-8-6-11(7-9-12)10(2)3/h4,6-10,13H,1,5,15H2,2-3H3. The van der Waals surface area contributed by atoms with Crippen LogP contribution in [-0.2, 0) is 0 Å². The predicted molar refractivity (Wildman–Crippen MR) is 67.7 cm³/mol. The van der Waals surface area contributed by atoms with Gasteiger partial charge in [0.2, 0.25) is 0 Å². The number of benzene rings is 1. The van der Waals surface area contributed by atoms with Crippen LogP contribution >= 0.6 is 0 Å². The fourth-order valence-electron chi connectivity index (χ4n) is 1.53. The van der Waals surface area contributed by atoms with Crippen molar-refractivity contribution in [3.63, 3.8) is 0 Å². The van der Waals surface area contributed by atoms with Gasteiger partial charge < -0.3 is 5.73 Å². The highest BCUT2D eigenvalue weighted by Crippen LogP contribution is 2.15. The Bertz CT molecular complexity index is 365. The molecule has 0 radical (unpaired) electrons. The fourth-order valence-corrected chi connectivity index (χ4v) is 1.53. The van der Waals surface area contributed by atoms with Gasteiger partial charge in [-0.1, -0.05) is 44.2 Å². The van der Waals surface area contributed by atoms with Gasteiger partial charge in [0.1, 0.15) is 0 Å². The van der Waals surface area contributed by atoms with E-state index in [1.54, 1.807) is 6.08 Å². The van der Waals surface area contributed by atoms with Crippen molar-refractivity contribution in [3.8, 4) is 0 Å². The molecule has 16 heavy (non-hydrogen) atoms. The van der Waals surface area contributed by atoms with Crippen LogP contribution in [0.4, 0.5) is 0 Å². The maximum Gasteiger partial charge on any atom is 0.179 e. The van der Waals surface area contributed by atoms with Gasteiger partial charge in [-0.15, -0.1) is 6.58 Å². The summed E-state index contributed by atoms with van der Waals surface area (Å²) in [5.74, 6) is 0.459. The third-order valence-electron chi connectivity index (χ3n) is 2.62. The Morgan fingerprint density at radius 2 is 1.94 bits per heavy atom. The molecule has 0 aliphatic heterocycles. The van der Waals surface area contributed by atoms with Gasteiger partial charge in [-0.2, -0.15) is 0 Å². The summed E-state index contributed by atoms with van der Waals surface area (Å²) in [5.41, 5.74) is 7.65. The second-order valence-electron chi connectivity index (χ2n) is 4.27. The van der Waals surface area contributed by atoms with Gasteiger partial charge in [-0.05, 0) is 17.9 Å². The molecule has 1 aromatic rings. The molecule has 2 N–H and O–H groups in total. The molecule has 0 saturated carbocycles. The molecule has 86 valence electrons. The molecule has 2 nitrogen and oxygen atoms in total. The molecule has 1 aromatic carbocycles. The molecule has 0 fully saturated rings. The van der Waals surface area contributed by atoms with Crippen LogP contribution in [-0.4, -0.2) is 11.8 Å². The molecule has 0 spiro atoms. The van der Waals surface area contributed by atoms with E-state index in [0.717, 1.165) is 0 Å². The molecule has 1 unspecified atom stereocenters. The average Bonchev–Trinajstić information content (AvgIpc) is 2.28. The molecule has 0 aliphatic rings. The van der Waals surface area contributed by atoms with Gasteiger partial charge in [0.05, 0.1) is 6.04 Å². The smallest absolute Gasteiger partial charge is 0.179 e. The number of hydrogen-bond acceptors (Lipinski definition) is 2. The lowest BCUT2D eigenvalue weighted by molar-refractivity contribution is 0.0962. The zero-order chi connectivity index (χ0) is 12.1. The summed E-state index contributed by atoms with van der Waals surface area (Å²) in [6, 6.07) is 7.19. The second-order valence-corrected chi connectivity index (χ2v) is 4.27. The van der Waals surface area contributed by atoms with Crippen molar-refractivity contribution >= 4 is 5.78 Å². The van der Waals surface area contributed by atoms with E-state index in [1.165, 1.54) is 5.56 Å². The molecule has 1 atom stereocenters. The zero-order valence-electron chi connectivity index (χ0n) is 9.94. The van der Waals surface area contributed by atoms with Crippen LogP contribution in [0.3, 0.4) is 0 Å². The van der Waals surface area contributed by atoms with E-state index < -0.39 is 6.04 Å². The van der Waals surface area contributed by atoms with Crippen molar-refractivity contribution in [2.75, 3.05) is 0 Å². The van der Waals surface area contributed by atoms with Crippen molar-refractivity contribution < 1.29 is 4.79 Å². The lowest BCUT2D eigenvalue weighted by Gasteiger charge is -2.09. The van der Waals surface area contributed by atoms with Gasteiger partial charge in [0, 0.05) is 5.56 Å². The lowest BCUT2D eigenvalue weighted by atomic mass is 9.97. The van der Waals surface area contributed by atoms with E-state index in [2.05, 4.69) is 20.4 Å². The Morgan fingerprint density at radius 3 is 2.38 bits per heavy atom. The SMILES string of the molecule is C=CCC(N)C(=O)c1ccc(C(C)C)cc1. The molecule has 0 heterocycles. The molecular weight excluding hydrogens is 198 g/mol. The molecule has 0 saturated heterocycles. The number of rotatable bonds is 5. The van der Waals surface area contributed by atoms with Crippen LogP contribution in [0.25, 0.3) is 0 Å². The molecule has 0 amide bonds. The minimum atomic E-state index is -0.470. The van der Waals surface area contributed by atoms with Crippen LogP contribution < -0.4 is 5.73 Å². The first-order valence-corrected chi connectivity index (χ1v) is 5.57. The lowest BCUT2D eigenvalue weighted by Crippen LogP contribution is -2.29. The zero-order valence-corrected chi connectivity index (χ0v) is 9.94. The number of carbonyl (C=O) groups is 1. The van der Waals surface area contributed by atoms with Gasteiger partial charge in [0.15, 0.2) is 5.78 Å². The Balaban J connectivity index is 2.81.